The van der Waals surface area contributed by atoms with Gasteiger partial charge in [-0.1, -0.05) is 6.07 Å². The first-order valence-corrected chi connectivity index (χ1v) is 6.98. The normalized spacial score (nSPS) is 17.0. The molecule has 2 N–H and O–H groups in total. The summed E-state index contributed by atoms with van der Waals surface area (Å²) in [5, 5.41) is 12.7. The zero-order valence-electron chi connectivity index (χ0n) is 11.7. The van der Waals surface area contributed by atoms with Gasteiger partial charge in [-0.25, -0.2) is 0 Å². The van der Waals surface area contributed by atoms with Gasteiger partial charge >= 0.3 is 0 Å². The minimum atomic E-state index is -0.216. The lowest BCUT2D eigenvalue weighted by Crippen LogP contribution is -2.21. The molecule has 19 heavy (non-hydrogen) atoms. The van der Waals surface area contributed by atoms with Crippen LogP contribution in [0.3, 0.4) is 0 Å². The smallest absolute Gasteiger partial charge is 0.161 e. The van der Waals surface area contributed by atoms with Crippen LogP contribution < -0.4 is 14.8 Å². The average molecular weight is 265 g/mol. The molecule has 106 valence electrons. The van der Waals surface area contributed by atoms with Crippen molar-refractivity contribution in [3.8, 4) is 11.5 Å². The first-order chi connectivity index (χ1) is 9.16. The molecular formula is C15H23NO3. The van der Waals surface area contributed by atoms with Crippen LogP contribution >= 0.6 is 0 Å². The lowest BCUT2D eigenvalue weighted by Gasteiger charge is -2.21. The minimum absolute atomic E-state index is 0.216. The van der Waals surface area contributed by atoms with Gasteiger partial charge < -0.3 is 19.9 Å². The van der Waals surface area contributed by atoms with Gasteiger partial charge in [0.05, 0.1) is 6.10 Å². The number of ether oxygens (including phenoxy) is 2. The molecule has 0 saturated heterocycles. The topological polar surface area (TPSA) is 50.7 Å². The van der Waals surface area contributed by atoms with Crippen molar-refractivity contribution in [1.82, 2.24) is 5.32 Å². The number of aliphatic hydroxyl groups is 1. The van der Waals surface area contributed by atoms with Crippen LogP contribution in [-0.4, -0.2) is 31.0 Å². The van der Waals surface area contributed by atoms with Gasteiger partial charge in [-0.2, -0.15) is 0 Å². The van der Waals surface area contributed by atoms with Gasteiger partial charge in [0.15, 0.2) is 11.5 Å². The van der Waals surface area contributed by atoms with E-state index in [0.717, 1.165) is 30.9 Å². The molecule has 1 aliphatic rings. The van der Waals surface area contributed by atoms with Crippen molar-refractivity contribution < 1.29 is 14.6 Å². The van der Waals surface area contributed by atoms with Crippen molar-refractivity contribution in [1.29, 1.82) is 0 Å². The van der Waals surface area contributed by atoms with E-state index in [1.165, 1.54) is 5.56 Å². The van der Waals surface area contributed by atoms with Crippen molar-refractivity contribution >= 4 is 0 Å². The third kappa shape index (κ3) is 4.11. The lowest BCUT2D eigenvalue weighted by molar-refractivity contribution is 0.171. The second-order valence-corrected chi connectivity index (χ2v) is 5.07. The number of hydrogen-bond donors (Lipinski definition) is 2. The molecule has 1 heterocycles. The molecule has 4 nitrogen and oxygen atoms in total. The molecule has 0 bridgehead atoms. The first kappa shape index (κ1) is 14.2. The quantitative estimate of drug-likeness (QED) is 0.775. The fourth-order valence-corrected chi connectivity index (χ4v) is 2.16. The average Bonchev–Trinajstić information content (AvgIpc) is 2.42. The van der Waals surface area contributed by atoms with Gasteiger partial charge in [0, 0.05) is 6.04 Å². The van der Waals surface area contributed by atoms with Gasteiger partial charge in [-0.3, -0.25) is 0 Å². The van der Waals surface area contributed by atoms with E-state index in [4.69, 9.17) is 9.47 Å². The van der Waals surface area contributed by atoms with Gasteiger partial charge in [-0.15, -0.1) is 0 Å². The fraction of sp³-hybridized carbons (Fsp3) is 0.600. The molecule has 0 spiro atoms. The second-order valence-electron chi connectivity index (χ2n) is 5.07. The van der Waals surface area contributed by atoms with Crippen molar-refractivity contribution in [3.63, 3.8) is 0 Å². The van der Waals surface area contributed by atoms with E-state index < -0.39 is 0 Å². The maximum absolute atomic E-state index is 9.21. The Hall–Kier alpha value is -1.26. The number of aliphatic hydroxyl groups excluding tert-OH is 1. The third-order valence-corrected chi connectivity index (χ3v) is 3.32. The monoisotopic (exact) mass is 265 g/mol. The largest absolute Gasteiger partial charge is 0.486 e. The summed E-state index contributed by atoms with van der Waals surface area (Å²) in [6.45, 7) is 6.10. The Kier molecular flexibility index (Phi) is 5.05. The van der Waals surface area contributed by atoms with E-state index >= 15 is 0 Å². The molecule has 1 aromatic rings. The van der Waals surface area contributed by atoms with E-state index in [0.29, 0.717) is 13.2 Å². The van der Waals surface area contributed by atoms with Crippen molar-refractivity contribution in [2.75, 3.05) is 19.8 Å². The van der Waals surface area contributed by atoms with Crippen LogP contribution in [0.5, 0.6) is 11.5 Å². The zero-order valence-corrected chi connectivity index (χ0v) is 11.7. The van der Waals surface area contributed by atoms with Gasteiger partial charge in [-0.05, 0) is 50.9 Å². The Morgan fingerprint density at radius 1 is 1.21 bits per heavy atom. The molecule has 0 amide bonds. The molecule has 0 radical (unpaired) electrons. The van der Waals surface area contributed by atoms with Crippen LogP contribution in [0.1, 0.15) is 38.3 Å². The standard InChI is InChI=1S/C15H23NO3/c1-11(17)4-3-7-16-12(2)13-5-6-14-15(10-13)19-9-8-18-14/h5-6,10-12,16-17H,3-4,7-9H2,1-2H3. The van der Waals surface area contributed by atoms with Crippen molar-refractivity contribution in [2.45, 2.75) is 38.8 Å². The SMILES string of the molecule is CC(O)CCCNC(C)c1ccc2c(c1)OCCO2. The highest BCUT2D eigenvalue weighted by molar-refractivity contribution is 5.44. The Balaban J connectivity index is 1.86. The number of hydrogen-bond acceptors (Lipinski definition) is 4. The molecule has 0 fully saturated rings. The summed E-state index contributed by atoms with van der Waals surface area (Å²) in [5.41, 5.74) is 1.20. The first-order valence-electron chi connectivity index (χ1n) is 6.98. The summed E-state index contributed by atoms with van der Waals surface area (Å²) in [4.78, 5) is 0. The van der Waals surface area contributed by atoms with Crippen molar-refractivity contribution in [3.05, 3.63) is 23.8 Å². The minimum Gasteiger partial charge on any atom is -0.486 e. The van der Waals surface area contributed by atoms with Crippen LogP contribution in [0.15, 0.2) is 18.2 Å². The number of fused-ring (bicyclic) bond motifs is 1. The van der Waals surface area contributed by atoms with Crippen LogP contribution in [0.4, 0.5) is 0 Å². The van der Waals surface area contributed by atoms with E-state index in [2.05, 4.69) is 18.3 Å². The highest BCUT2D eigenvalue weighted by Crippen LogP contribution is 2.32. The predicted octanol–water partition coefficient (Wildman–Crippen LogP) is 2.27. The highest BCUT2D eigenvalue weighted by Gasteiger charge is 2.14. The molecule has 2 atom stereocenters. The Morgan fingerprint density at radius 3 is 2.68 bits per heavy atom. The fourth-order valence-electron chi connectivity index (χ4n) is 2.16. The Morgan fingerprint density at radius 2 is 1.95 bits per heavy atom. The second kappa shape index (κ2) is 6.78. The van der Waals surface area contributed by atoms with Crippen LogP contribution in [0.2, 0.25) is 0 Å². The summed E-state index contributed by atoms with van der Waals surface area (Å²) in [6.07, 6.45) is 1.60. The maximum atomic E-state index is 9.21. The van der Waals surface area contributed by atoms with Crippen molar-refractivity contribution in [2.24, 2.45) is 0 Å². The molecule has 2 unspecified atom stereocenters. The molecule has 0 aromatic heterocycles. The molecule has 1 aromatic carbocycles. The van der Waals surface area contributed by atoms with Crippen LogP contribution in [0, 0.1) is 0 Å². The number of benzene rings is 1. The summed E-state index contributed by atoms with van der Waals surface area (Å²) in [6, 6.07) is 6.35. The van der Waals surface area contributed by atoms with E-state index in [1.807, 2.05) is 19.1 Å². The van der Waals surface area contributed by atoms with Crippen LogP contribution in [0.25, 0.3) is 0 Å². The molecule has 4 heteroatoms. The van der Waals surface area contributed by atoms with E-state index in [1.54, 1.807) is 0 Å². The van der Waals surface area contributed by atoms with Gasteiger partial charge in [0.25, 0.3) is 0 Å². The summed E-state index contributed by atoms with van der Waals surface area (Å²) < 4.78 is 11.1. The van der Waals surface area contributed by atoms with E-state index in [9.17, 15) is 5.11 Å². The molecular weight excluding hydrogens is 242 g/mol. The zero-order chi connectivity index (χ0) is 13.7. The van der Waals surface area contributed by atoms with Gasteiger partial charge in [0.1, 0.15) is 13.2 Å². The summed E-state index contributed by atoms with van der Waals surface area (Å²) in [7, 11) is 0. The van der Waals surface area contributed by atoms with Gasteiger partial charge in [0.2, 0.25) is 0 Å². The lowest BCUT2D eigenvalue weighted by atomic mass is 10.1. The Bertz CT molecular complexity index is 406. The molecule has 0 saturated carbocycles. The summed E-state index contributed by atoms with van der Waals surface area (Å²) in [5.74, 6) is 1.66. The number of nitrogens with one attached hydrogen (secondary N) is 1. The molecule has 1 aliphatic heterocycles. The van der Waals surface area contributed by atoms with E-state index in [-0.39, 0.29) is 12.1 Å². The predicted molar refractivity (Wildman–Crippen MR) is 74.8 cm³/mol. The molecule has 0 aliphatic carbocycles. The third-order valence-electron chi connectivity index (χ3n) is 3.32. The van der Waals surface area contributed by atoms with Crippen LogP contribution in [-0.2, 0) is 0 Å². The maximum Gasteiger partial charge on any atom is 0.161 e. The summed E-state index contributed by atoms with van der Waals surface area (Å²) >= 11 is 0. The molecule has 2 rings (SSSR count). The Labute approximate surface area is 114 Å². The highest BCUT2D eigenvalue weighted by atomic mass is 16.6. The number of rotatable bonds is 6.